The second-order valence-electron chi connectivity index (χ2n) is 10.9. The summed E-state index contributed by atoms with van der Waals surface area (Å²) in [5.74, 6) is 1.69. The van der Waals surface area contributed by atoms with Gasteiger partial charge in [0.05, 0.1) is 11.4 Å². The van der Waals surface area contributed by atoms with Crippen LogP contribution in [0.3, 0.4) is 0 Å². The van der Waals surface area contributed by atoms with Crippen LogP contribution in [0.4, 0.5) is 27.5 Å². The molecule has 9 nitrogen and oxygen atoms in total. The first-order chi connectivity index (χ1) is 18.3. The predicted octanol–water partition coefficient (Wildman–Crippen LogP) is 4.81. The molecule has 0 radical (unpaired) electrons. The van der Waals surface area contributed by atoms with Crippen molar-refractivity contribution in [1.29, 1.82) is 0 Å². The van der Waals surface area contributed by atoms with Gasteiger partial charge in [-0.05, 0) is 88.0 Å². The van der Waals surface area contributed by atoms with Gasteiger partial charge in [-0.25, -0.2) is 14.4 Å². The number of halogens is 1. The number of carbonyl (C=O) groups is 1. The zero-order chi connectivity index (χ0) is 26.3. The molecule has 4 heterocycles. The number of aryl methyl sites for hydroxylation is 1. The minimum atomic E-state index is -0.464. The molecule has 3 aliphatic rings. The van der Waals surface area contributed by atoms with Crippen molar-refractivity contribution in [2.45, 2.75) is 49.1 Å². The van der Waals surface area contributed by atoms with E-state index in [-0.39, 0.29) is 17.5 Å². The quantitative estimate of drug-likeness (QED) is 0.370. The highest BCUT2D eigenvalue weighted by Gasteiger charge is 2.39. The van der Waals surface area contributed by atoms with Crippen molar-refractivity contribution in [2.24, 2.45) is 11.3 Å². The van der Waals surface area contributed by atoms with Gasteiger partial charge in [0.1, 0.15) is 23.3 Å². The molecule has 0 unspecified atom stereocenters. The first-order valence-electron chi connectivity index (χ1n) is 13.2. The van der Waals surface area contributed by atoms with Crippen molar-refractivity contribution in [1.82, 2.24) is 25.1 Å². The fourth-order valence-electron chi connectivity index (χ4n) is 5.43. The Morgan fingerprint density at radius 2 is 1.92 bits per heavy atom. The molecule has 1 spiro atoms. The Hall–Kier alpha value is -3.18. The van der Waals surface area contributed by atoms with Gasteiger partial charge in [0.2, 0.25) is 5.91 Å². The average Bonchev–Trinajstić information content (AvgIpc) is 3.58. The number of rotatable bonds is 7. The van der Waals surface area contributed by atoms with E-state index < -0.39 is 5.82 Å². The molecule has 38 heavy (non-hydrogen) atoms. The van der Waals surface area contributed by atoms with Gasteiger partial charge in [0, 0.05) is 42.6 Å². The zero-order valence-corrected chi connectivity index (χ0v) is 22.6. The summed E-state index contributed by atoms with van der Waals surface area (Å²) in [6.45, 7) is 6.15. The van der Waals surface area contributed by atoms with Crippen LogP contribution >= 0.6 is 11.8 Å². The summed E-state index contributed by atoms with van der Waals surface area (Å²) in [5.41, 5.74) is 1.50. The Kier molecular flexibility index (Phi) is 6.73. The smallest absolute Gasteiger partial charge is 0.227 e. The van der Waals surface area contributed by atoms with Crippen molar-refractivity contribution in [3.05, 3.63) is 41.8 Å². The standard InChI is InChI=1S/C27H33FN8OS/c1-17-13-23(34-33-17)30-22-15-24(36-11-8-27(9-12-36)7-10-35(2)16-27)32-26(31-22)38-19-5-6-21(20(28)14-19)29-25(37)18-3-4-18/h5-6,13-15,18H,3-4,7-12,16H2,1-2H3,(H,29,37)(H2,30,31,32,33,34). The maximum absolute atomic E-state index is 14.8. The number of likely N-dealkylation sites (tertiary alicyclic amines) is 1. The van der Waals surface area contributed by atoms with Gasteiger partial charge >= 0.3 is 0 Å². The molecular formula is C27H33FN8OS. The molecule has 0 bridgehead atoms. The highest BCUT2D eigenvalue weighted by atomic mass is 32.2. The molecule has 0 atom stereocenters. The molecule has 2 saturated heterocycles. The van der Waals surface area contributed by atoms with E-state index in [4.69, 9.17) is 9.97 Å². The van der Waals surface area contributed by atoms with Crippen molar-refractivity contribution in [2.75, 3.05) is 48.8 Å². The summed E-state index contributed by atoms with van der Waals surface area (Å²) >= 11 is 1.30. The number of aromatic nitrogens is 4. The molecule has 1 aromatic carbocycles. The minimum absolute atomic E-state index is 0.0171. The van der Waals surface area contributed by atoms with Gasteiger partial charge in [0.25, 0.3) is 0 Å². The molecule has 3 aromatic rings. The minimum Gasteiger partial charge on any atom is -0.356 e. The summed E-state index contributed by atoms with van der Waals surface area (Å²) in [6, 6.07) is 8.71. The third kappa shape index (κ3) is 5.63. The van der Waals surface area contributed by atoms with Crippen LogP contribution < -0.4 is 15.5 Å². The van der Waals surface area contributed by atoms with Crippen LogP contribution in [0.15, 0.2) is 40.4 Å². The van der Waals surface area contributed by atoms with E-state index >= 15 is 0 Å². The number of hydrogen-bond acceptors (Lipinski definition) is 8. The number of amides is 1. The molecule has 1 aliphatic carbocycles. The normalized spacial score (nSPS) is 19.2. The first-order valence-corrected chi connectivity index (χ1v) is 14.1. The fourth-order valence-corrected chi connectivity index (χ4v) is 6.22. The summed E-state index contributed by atoms with van der Waals surface area (Å²) < 4.78 is 14.8. The summed E-state index contributed by atoms with van der Waals surface area (Å²) in [4.78, 5) is 27.1. The number of benzene rings is 1. The maximum Gasteiger partial charge on any atom is 0.227 e. The molecule has 2 aromatic heterocycles. The van der Waals surface area contributed by atoms with Crippen LogP contribution in [-0.2, 0) is 4.79 Å². The second kappa shape index (κ2) is 10.2. The lowest BCUT2D eigenvalue weighted by atomic mass is 9.78. The largest absolute Gasteiger partial charge is 0.356 e. The highest BCUT2D eigenvalue weighted by molar-refractivity contribution is 7.99. The Bertz CT molecular complexity index is 1330. The topological polar surface area (TPSA) is 102 Å². The molecule has 6 rings (SSSR count). The van der Waals surface area contributed by atoms with E-state index in [0.29, 0.717) is 21.3 Å². The lowest BCUT2D eigenvalue weighted by molar-refractivity contribution is -0.117. The van der Waals surface area contributed by atoms with Crippen LogP contribution in [-0.4, -0.2) is 64.2 Å². The Balaban J connectivity index is 1.22. The van der Waals surface area contributed by atoms with E-state index in [1.807, 2.05) is 19.1 Å². The summed E-state index contributed by atoms with van der Waals surface area (Å²) in [5, 5.41) is 13.7. The van der Waals surface area contributed by atoms with E-state index in [1.165, 1.54) is 37.3 Å². The third-order valence-electron chi connectivity index (χ3n) is 7.79. The van der Waals surface area contributed by atoms with Gasteiger partial charge in [0.15, 0.2) is 5.16 Å². The summed E-state index contributed by atoms with van der Waals surface area (Å²) in [7, 11) is 2.21. The number of piperidine rings is 1. The molecule has 1 saturated carbocycles. The van der Waals surface area contributed by atoms with Crippen LogP contribution in [0.5, 0.6) is 0 Å². The lowest BCUT2D eigenvalue weighted by Crippen LogP contribution is -2.41. The van der Waals surface area contributed by atoms with E-state index in [2.05, 4.69) is 37.7 Å². The highest BCUT2D eigenvalue weighted by Crippen LogP contribution is 2.41. The van der Waals surface area contributed by atoms with Crippen molar-refractivity contribution in [3.63, 3.8) is 0 Å². The number of carbonyl (C=O) groups excluding carboxylic acids is 1. The third-order valence-corrected chi connectivity index (χ3v) is 8.65. The second-order valence-corrected chi connectivity index (χ2v) is 12.0. The predicted molar refractivity (Wildman–Crippen MR) is 147 cm³/mol. The fraction of sp³-hybridized carbons (Fsp3) is 0.481. The Morgan fingerprint density at radius 3 is 2.58 bits per heavy atom. The number of anilines is 4. The van der Waals surface area contributed by atoms with Crippen LogP contribution in [0.2, 0.25) is 0 Å². The van der Waals surface area contributed by atoms with Gasteiger partial charge < -0.3 is 20.4 Å². The van der Waals surface area contributed by atoms with Crippen LogP contribution in [0.1, 0.15) is 37.8 Å². The van der Waals surface area contributed by atoms with Gasteiger partial charge in [-0.15, -0.1) is 0 Å². The SMILES string of the molecule is Cc1cc(Nc2cc(N3CCC4(CCN(C)C4)CC3)nc(Sc3ccc(NC(=O)C4CC4)c(F)c3)n2)[nH]n1. The lowest BCUT2D eigenvalue weighted by Gasteiger charge is -2.39. The molecular weight excluding hydrogens is 503 g/mol. The summed E-state index contributed by atoms with van der Waals surface area (Å²) in [6.07, 6.45) is 5.30. The number of hydrogen-bond donors (Lipinski definition) is 3. The zero-order valence-electron chi connectivity index (χ0n) is 21.8. The molecule has 2 aliphatic heterocycles. The number of H-pyrrole nitrogens is 1. The average molecular weight is 537 g/mol. The maximum atomic E-state index is 14.8. The molecule has 200 valence electrons. The van der Waals surface area contributed by atoms with Crippen molar-refractivity contribution < 1.29 is 9.18 Å². The molecule has 3 fully saturated rings. The van der Waals surface area contributed by atoms with E-state index in [1.54, 1.807) is 12.1 Å². The first kappa shape index (κ1) is 25.1. The van der Waals surface area contributed by atoms with Gasteiger partial charge in [-0.1, -0.05) is 0 Å². The van der Waals surface area contributed by atoms with Crippen molar-refractivity contribution >= 4 is 40.8 Å². The molecule has 1 amide bonds. The van der Waals surface area contributed by atoms with E-state index in [9.17, 15) is 9.18 Å². The number of nitrogens with zero attached hydrogens (tertiary/aromatic N) is 5. The van der Waals surface area contributed by atoms with Gasteiger partial charge in [-0.3, -0.25) is 9.89 Å². The Labute approximate surface area is 226 Å². The monoisotopic (exact) mass is 536 g/mol. The Morgan fingerprint density at radius 1 is 1.13 bits per heavy atom. The molecule has 3 N–H and O–H groups in total. The van der Waals surface area contributed by atoms with Crippen LogP contribution in [0.25, 0.3) is 0 Å². The molecule has 11 heteroatoms. The van der Waals surface area contributed by atoms with Gasteiger partial charge in [-0.2, -0.15) is 5.10 Å². The van der Waals surface area contributed by atoms with Crippen LogP contribution in [0, 0.1) is 24.1 Å². The number of nitrogens with one attached hydrogen (secondary N) is 3. The van der Waals surface area contributed by atoms with E-state index in [0.717, 1.165) is 56.1 Å². The number of aromatic amines is 1. The van der Waals surface area contributed by atoms with Crippen molar-refractivity contribution in [3.8, 4) is 0 Å².